The molecule has 0 aliphatic heterocycles. The molecular formula is C16H16N4O. The van der Waals surface area contributed by atoms with Gasteiger partial charge in [0.25, 0.3) is 0 Å². The Labute approximate surface area is 123 Å². The molecule has 0 amide bonds. The summed E-state index contributed by atoms with van der Waals surface area (Å²) >= 11 is 0. The highest BCUT2D eigenvalue weighted by Crippen LogP contribution is 2.26. The van der Waals surface area contributed by atoms with Gasteiger partial charge in [-0.1, -0.05) is 12.1 Å². The monoisotopic (exact) mass is 280 g/mol. The number of aromatic nitrogens is 3. The fourth-order valence-electron chi connectivity index (χ4n) is 2.33. The van der Waals surface area contributed by atoms with Crippen LogP contribution in [0.25, 0.3) is 11.0 Å². The Morgan fingerprint density at radius 3 is 2.62 bits per heavy atom. The highest BCUT2D eigenvalue weighted by Gasteiger charge is 2.19. The molecule has 5 heteroatoms. The summed E-state index contributed by atoms with van der Waals surface area (Å²) in [5.41, 5.74) is 3.36. The first-order chi connectivity index (χ1) is 10.3. The Balaban J connectivity index is 2.09. The third kappa shape index (κ3) is 2.55. The van der Waals surface area contributed by atoms with E-state index in [1.807, 2.05) is 43.4 Å². The van der Waals surface area contributed by atoms with E-state index >= 15 is 0 Å². The number of methoxy groups -OCH3 is 1. The minimum Gasteiger partial charge on any atom is -0.495 e. The number of nitrogens with one attached hydrogen (secondary N) is 1. The molecular weight excluding hydrogens is 264 g/mol. The summed E-state index contributed by atoms with van der Waals surface area (Å²) in [7, 11) is 3.51. The van der Waals surface area contributed by atoms with E-state index < -0.39 is 0 Å². The predicted molar refractivity (Wildman–Crippen MR) is 81.2 cm³/mol. The standard InChI is InChI=1S/C16H16N4O/c1-17-15(16-14(21-2)8-5-9-18-16)13-10-19-11-6-3-4-7-12(11)20-13/h3-10,15,17H,1-2H3. The van der Waals surface area contributed by atoms with Crippen LogP contribution in [-0.2, 0) is 0 Å². The van der Waals surface area contributed by atoms with Gasteiger partial charge in [-0.2, -0.15) is 0 Å². The lowest BCUT2D eigenvalue weighted by Crippen LogP contribution is -2.21. The van der Waals surface area contributed by atoms with Crippen LogP contribution in [-0.4, -0.2) is 29.1 Å². The first kappa shape index (κ1) is 13.5. The Kier molecular flexibility index (Phi) is 3.75. The van der Waals surface area contributed by atoms with Crippen LogP contribution in [0.5, 0.6) is 5.75 Å². The van der Waals surface area contributed by atoms with Crippen molar-refractivity contribution in [3.63, 3.8) is 0 Å². The molecule has 0 saturated carbocycles. The zero-order valence-electron chi connectivity index (χ0n) is 11.9. The molecule has 1 atom stereocenters. The number of fused-ring (bicyclic) bond motifs is 1. The minimum atomic E-state index is -0.168. The third-order valence-electron chi connectivity index (χ3n) is 3.34. The van der Waals surface area contributed by atoms with Crippen LogP contribution in [0.1, 0.15) is 17.4 Å². The quantitative estimate of drug-likeness (QED) is 0.795. The van der Waals surface area contributed by atoms with E-state index in [9.17, 15) is 0 Å². The lowest BCUT2D eigenvalue weighted by atomic mass is 10.1. The minimum absolute atomic E-state index is 0.168. The van der Waals surface area contributed by atoms with Crippen LogP contribution in [0, 0.1) is 0 Å². The SMILES string of the molecule is CNC(c1cnc2ccccc2n1)c1ncccc1OC. The van der Waals surface area contributed by atoms with Gasteiger partial charge in [0.2, 0.25) is 0 Å². The van der Waals surface area contributed by atoms with E-state index in [-0.39, 0.29) is 6.04 Å². The Morgan fingerprint density at radius 2 is 1.86 bits per heavy atom. The summed E-state index contributed by atoms with van der Waals surface area (Å²) < 4.78 is 5.39. The summed E-state index contributed by atoms with van der Waals surface area (Å²) in [5.74, 6) is 0.729. The van der Waals surface area contributed by atoms with Gasteiger partial charge < -0.3 is 10.1 Å². The average molecular weight is 280 g/mol. The second-order valence-electron chi connectivity index (χ2n) is 4.60. The number of rotatable bonds is 4. The summed E-state index contributed by atoms with van der Waals surface area (Å²) in [6.07, 6.45) is 3.52. The summed E-state index contributed by atoms with van der Waals surface area (Å²) in [4.78, 5) is 13.6. The van der Waals surface area contributed by atoms with Crippen LogP contribution >= 0.6 is 0 Å². The van der Waals surface area contributed by atoms with Crippen LogP contribution in [0.4, 0.5) is 0 Å². The molecule has 0 bridgehead atoms. The molecule has 0 spiro atoms. The summed E-state index contributed by atoms with van der Waals surface area (Å²) in [6.45, 7) is 0. The molecule has 2 aromatic heterocycles. The first-order valence-electron chi connectivity index (χ1n) is 6.71. The normalized spacial score (nSPS) is 12.3. The molecule has 21 heavy (non-hydrogen) atoms. The topological polar surface area (TPSA) is 59.9 Å². The molecule has 106 valence electrons. The van der Waals surface area contributed by atoms with Gasteiger partial charge in [-0.15, -0.1) is 0 Å². The summed E-state index contributed by atoms with van der Waals surface area (Å²) in [6, 6.07) is 11.4. The van der Waals surface area contributed by atoms with Gasteiger partial charge in [0.05, 0.1) is 36.1 Å². The second-order valence-corrected chi connectivity index (χ2v) is 4.60. The largest absolute Gasteiger partial charge is 0.495 e. The van der Waals surface area contributed by atoms with E-state index in [4.69, 9.17) is 4.74 Å². The predicted octanol–water partition coefficient (Wildman–Crippen LogP) is 2.34. The maximum atomic E-state index is 5.39. The summed E-state index contributed by atoms with van der Waals surface area (Å²) in [5, 5.41) is 3.23. The number of ether oxygens (including phenoxy) is 1. The number of hydrogen-bond acceptors (Lipinski definition) is 5. The van der Waals surface area contributed by atoms with Gasteiger partial charge in [0, 0.05) is 6.20 Å². The van der Waals surface area contributed by atoms with Crippen molar-refractivity contribution in [1.29, 1.82) is 0 Å². The molecule has 3 rings (SSSR count). The van der Waals surface area contributed by atoms with E-state index in [2.05, 4.69) is 20.3 Å². The van der Waals surface area contributed by atoms with Crippen LogP contribution in [0.15, 0.2) is 48.8 Å². The van der Waals surface area contributed by atoms with E-state index in [0.29, 0.717) is 0 Å². The van der Waals surface area contributed by atoms with Crippen molar-refractivity contribution >= 4 is 11.0 Å². The lowest BCUT2D eigenvalue weighted by molar-refractivity contribution is 0.401. The zero-order chi connectivity index (χ0) is 14.7. The van der Waals surface area contributed by atoms with Crippen LogP contribution in [0.3, 0.4) is 0 Å². The smallest absolute Gasteiger partial charge is 0.142 e. The van der Waals surface area contributed by atoms with Gasteiger partial charge in [-0.3, -0.25) is 9.97 Å². The lowest BCUT2D eigenvalue weighted by Gasteiger charge is -2.17. The molecule has 5 nitrogen and oxygen atoms in total. The van der Waals surface area contributed by atoms with Crippen LogP contribution in [0.2, 0.25) is 0 Å². The van der Waals surface area contributed by atoms with Crippen molar-refractivity contribution in [2.45, 2.75) is 6.04 Å². The Bertz CT molecular complexity index is 760. The number of hydrogen-bond donors (Lipinski definition) is 1. The molecule has 0 aliphatic carbocycles. The van der Waals surface area contributed by atoms with E-state index in [1.165, 1.54) is 0 Å². The molecule has 1 N–H and O–H groups in total. The van der Waals surface area contributed by atoms with Crippen molar-refractivity contribution in [2.24, 2.45) is 0 Å². The third-order valence-corrected chi connectivity index (χ3v) is 3.34. The molecule has 1 unspecified atom stereocenters. The van der Waals surface area contributed by atoms with Crippen molar-refractivity contribution in [2.75, 3.05) is 14.2 Å². The number of pyridine rings is 1. The second kappa shape index (κ2) is 5.85. The number of benzene rings is 1. The fourth-order valence-corrected chi connectivity index (χ4v) is 2.33. The van der Waals surface area contributed by atoms with Gasteiger partial charge in [0.1, 0.15) is 11.4 Å². The van der Waals surface area contributed by atoms with Crippen molar-refractivity contribution in [3.05, 3.63) is 60.2 Å². The fraction of sp³-hybridized carbons (Fsp3) is 0.188. The van der Waals surface area contributed by atoms with Crippen molar-refractivity contribution in [1.82, 2.24) is 20.3 Å². The van der Waals surface area contributed by atoms with E-state index in [0.717, 1.165) is 28.2 Å². The van der Waals surface area contributed by atoms with Gasteiger partial charge in [0.15, 0.2) is 0 Å². The average Bonchev–Trinajstić information content (AvgIpc) is 2.56. The Hall–Kier alpha value is -2.53. The van der Waals surface area contributed by atoms with Gasteiger partial charge in [-0.25, -0.2) is 4.98 Å². The maximum absolute atomic E-state index is 5.39. The molecule has 0 radical (unpaired) electrons. The number of nitrogens with zero attached hydrogens (tertiary/aromatic N) is 3. The molecule has 0 aliphatic rings. The van der Waals surface area contributed by atoms with E-state index in [1.54, 1.807) is 19.5 Å². The first-order valence-corrected chi connectivity index (χ1v) is 6.71. The highest BCUT2D eigenvalue weighted by molar-refractivity contribution is 5.73. The van der Waals surface area contributed by atoms with Gasteiger partial charge >= 0.3 is 0 Å². The number of para-hydroxylation sites is 2. The zero-order valence-corrected chi connectivity index (χ0v) is 11.9. The van der Waals surface area contributed by atoms with Crippen molar-refractivity contribution in [3.8, 4) is 5.75 Å². The maximum Gasteiger partial charge on any atom is 0.142 e. The molecule has 0 saturated heterocycles. The molecule has 0 fully saturated rings. The molecule has 2 heterocycles. The van der Waals surface area contributed by atoms with Crippen molar-refractivity contribution < 1.29 is 4.74 Å². The van der Waals surface area contributed by atoms with Crippen LogP contribution < -0.4 is 10.1 Å². The van der Waals surface area contributed by atoms with Gasteiger partial charge in [-0.05, 0) is 31.3 Å². The highest BCUT2D eigenvalue weighted by atomic mass is 16.5. The Morgan fingerprint density at radius 1 is 1.05 bits per heavy atom. The molecule has 1 aromatic carbocycles. The molecule has 3 aromatic rings.